The highest BCUT2D eigenvalue weighted by Gasteiger charge is 2.22. The van der Waals surface area contributed by atoms with Crippen LogP contribution < -0.4 is 15.8 Å². The van der Waals surface area contributed by atoms with Crippen LogP contribution >= 0.6 is 0 Å². The number of amides is 1. The number of sulfone groups is 1. The Bertz CT molecular complexity index is 1870. The maximum Gasteiger partial charge on any atom is 0.252 e. The number of benzene rings is 4. The number of nitrogens with zero attached hydrogens (tertiary/aromatic N) is 1. The fraction of sp³-hybridized carbons (Fsp3) is 0.152. The van der Waals surface area contributed by atoms with E-state index in [0.29, 0.717) is 40.0 Å². The van der Waals surface area contributed by atoms with Crippen LogP contribution in [0.5, 0.6) is 5.75 Å². The van der Waals surface area contributed by atoms with Crippen molar-refractivity contribution >= 4 is 38.0 Å². The van der Waals surface area contributed by atoms with Crippen LogP contribution in [0.25, 0.3) is 22.0 Å². The van der Waals surface area contributed by atoms with Gasteiger partial charge >= 0.3 is 0 Å². The third-order valence-electron chi connectivity index (χ3n) is 7.13. The van der Waals surface area contributed by atoms with E-state index in [9.17, 15) is 13.2 Å². The normalized spacial score (nSPS) is 11.4. The number of rotatable bonds is 10. The Morgan fingerprint density at radius 1 is 0.952 bits per heavy atom. The lowest BCUT2D eigenvalue weighted by Gasteiger charge is -2.16. The molecule has 0 atom stereocenters. The summed E-state index contributed by atoms with van der Waals surface area (Å²) in [4.78, 5) is 17.0. The van der Waals surface area contributed by atoms with E-state index >= 15 is 0 Å². The molecular weight excluding hydrogens is 550 g/mol. The van der Waals surface area contributed by atoms with E-state index in [0.717, 1.165) is 23.1 Å². The van der Waals surface area contributed by atoms with Crippen molar-refractivity contribution in [1.82, 2.24) is 4.98 Å². The first kappa shape index (κ1) is 28.8. The lowest BCUT2D eigenvalue weighted by molar-refractivity contribution is 0.100. The van der Waals surface area contributed by atoms with E-state index in [1.807, 2.05) is 24.3 Å². The van der Waals surface area contributed by atoms with Gasteiger partial charge in [0.05, 0.1) is 33.7 Å². The van der Waals surface area contributed by atoms with Crippen LogP contribution in [0.1, 0.15) is 27.9 Å². The van der Waals surface area contributed by atoms with Crippen molar-refractivity contribution < 1.29 is 23.1 Å². The minimum atomic E-state index is -3.92. The summed E-state index contributed by atoms with van der Waals surface area (Å²) < 4.78 is 33.0. The molecule has 4 N–H and O–H groups in total. The zero-order chi connectivity index (χ0) is 29.9. The minimum Gasteiger partial charge on any atom is -0.497 e. The molecule has 0 saturated heterocycles. The highest BCUT2D eigenvalue weighted by atomic mass is 32.2. The fourth-order valence-electron chi connectivity index (χ4n) is 4.88. The van der Waals surface area contributed by atoms with Crippen LogP contribution in [0.4, 0.5) is 11.4 Å². The molecule has 0 spiro atoms. The van der Waals surface area contributed by atoms with Crippen LogP contribution in [0.3, 0.4) is 0 Å². The number of hydrogen-bond acceptors (Lipinski definition) is 7. The molecule has 0 radical (unpaired) electrons. The summed E-state index contributed by atoms with van der Waals surface area (Å²) >= 11 is 0. The molecule has 5 rings (SSSR count). The van der Waals surface area contributed by atoms with Crippen LogP contribution in [0.15, 0.2) is 101 Å². The number of methoxy groups -OCH3 is 1. The maximum atomic E-state index is 13.8. The third kappa shape index (κ3) is 5.83. The number of carbonyl (C=O) groups excluding carboxylic acids is 1. The van der Waals surface area contributed by atoms with Crippen molar-refractivity contribution in [3.05, 3.63) is 108 Å². The molecule has 0 fully saturated rings. The van der Waals surface area contributed by atoms with Gasteiger partial charge in [-0.1, -0.05) is 42.5 Å². The van der Waals surface area contributed by atoms with Crippen LogP contribution in [-0.4, -0.2) is 38.1 Å². The fourth-order valence-corrected chi connectivity index (χ4v) is 6.25. The second-order valence-electron chi connectivity index (χ2n) is 9.96. The van der Waals surface area contributed by atoms with Gasteiger partial charge in [-0.25, -0.2) is 8.42 Å². The number of carbonyl (C=O) groups is 1. The van der Waals surface area contributed by atoms with Gasteiger partial charge in [-0.3, -0.25) is 9.78 Å². The zero-order valence-corrected chi connectivity index (χ0v) is 24.1. The largest absolute Gasteiger partial charge is 0.497 e. The lowest BCUT2D eigenvalue weighted by Crippen LogP contribution is -2.14. The molecule has 42 heavy (non-hydrogen) atoms. The second-order valence-corrected chi connectivity index (χ2v) is 11.9. The Hall–Kier alpha value is -4.73. The molecule has 4 aromatic carbocycles. The molecule has 0 saturated carbocycles. The summed E-state index contributed by atoms with van der Waals surface area (Å²) in [5.41, 5.74) is 11.0. The van der Waals surface area contributed by atoms with Crippen molar-refractivity contribution in [3.63, 3.8) is 0 Å². The number of aliphatic hydroxyl groups excluding tert-OH is 1. The molecule has 214 valence electrons. The van der Waals surface area contributed by atoms with Gasteiger partial charge in [0.25, 0.3) is 5.91 Å². The molecule has 1 heterocycles. The summed E-state index contributed by atoms with van der Waals surface area (Å²) in [6, 6.07) is 25.0. The highest BCUT2D eigenvalue weighted by molar-refractivity contribution is 7.91. The number of aryl methyl sites for hydroxylation is 2. The first-order valence-corrected chi connectivity index (χ1v) is 14.9. The van der Waals surface area contributed by atoms with Gasteiger partial charge < -0.3 is 20.9 Å². The number of fused-ring (bicyclic) bond motifs is 1. The minimum absolute atomic E-state index is 0.0746. The Morgan fingerprint density at radius 3 is 2.29 bits per heavy atom. The summed E-state index contributed by atoms with van der Waals surface area (Å²) in [7, 11) is -2.36. The maximum absolute atomic E-state index is 13.8. The first-order chi connectivity index (χ1) is 20.2. The molecule has 0 unspecified atom stereocenters. The number of ether oxygens (including phenoxy) is 1. The van der Waals surface area contributed by atoms with Crippen molar-refractivity contribution in [3.8, 4) is 16.9 Å². The molecule has 5 aromatic rings. The van der Waals surface area contributed by atoms with Gasteiger partial charge in [-0.2, -0.15) is 0 Å². The van der Waals surface area contributed by atoms with E-state index in [1.165, 1.54) is 12.3 Å². The average Bonchev–Trinajstić information content (AvgIpc) is 3.00. The molecule has 8 nitrogen and oxygen atoms in total. The van der Waals surface area contributed by atoms with E-state index in [4.69, 9.17) is 15.6 Å². The Kier molecular flexibility index (Phi) is 8.24. The van der Waals surface area contributed by atoms with Gasteiger partial charge in [0.15, 0.2) is 0 Å². The SMILES string of the molecule is COc1cccc(Nc2c(C(N)=O)cnc3c(C)cc(S(=O)(=O)c4ccc(-c5ccc(CCCO)cc5)cc4)cc23)c1. The molecule has 9 heteroatoms. The van der Waals surface area contributed by atoms with Gasteiger partial charge in [0.1, 0.15) is 5.75 Å². The van der Waals surface area contributed by atoms with Gasteiger partial charge in [0.2, 0.25) is 9.84 Å². The number of aliphatic hydroxyl groups is 1. The van der Waals surface area contributed by atoms with E-state index in [1.54, 1.807) is 68.6 Å². The van der Waals surface area contributed by atoms with Gasteiger partial charge in [0, 0.05) is 29.9 Å². The summed E-state index contributed by atoms with van der Waals surface area (Å²) in [5, 5.41) is 12.7. The van der Waals surface area contributed by atoms with Crippen molar-refractivity contribution in [2.45, 2.75) is 29.6 Å². The zero-order valence-electron chi connectivity index (χ0n) is 23.3. The number of aromatic nitrogens is 1. The quantitative estimate of drug-likeness (QED) is 0.189. The Morgan fingerprint density at radius 2 is 1.64 bits per heavy atom. The topological polar surface area (TPSA) is 132 Å². The van der Waals surface area contributed by atoms with Crippen LogP contribution in [0.2, 0.25) is 0 Å². The Balaban J connectivity index is 1.54. The number of pyridine rings is 1. The summed E-state index contributed by atoms with van der Waals surface area (Å²) in [5.74, 6) is -0.0859. The van der Waals surface area contributed by atoms with Crippen LogP contribution in [0, 0.1) is 6.92 Å². The molecule has 0 aliphatic carbocycles. The number of primary amides is 1. The molecule has 1 amide bonds. The second kappa shape index (κ2) is 12.0. The predicted molar refractivity (Wildman–Crippen MR) is 164 cm³/mol. The van der Waals surface area contributed by atoms with Gasteiger partial charge in [-0.05, 0) is 78.4 Å². The predicted octanol–water partition coefficient (Wildman–Crippen LogP) is 5.82. The van der Waals surface area contributed by atoms with Gasteiger partial charge in [-0.15, -0.1) is 0 Å². The van der Waals surface area contributed by atoms with E-state index < -0.39 is 15.7 Å². The monoisotopic (exact) mass is 581 g/mol. The summed E-state index contributed by atoms with van der Waals surface area (Å²) in [6.45, 7) is 1.93. The standard InChI is InChI=1S/C33H31N3O5S/c1-21-17-28(42(39,40)27-14-12-24(13-15-27)23-10-8-22(9-11-23)5-4-16-37)19-29-31(21)35-20-30(33(34)38)32(29)36-25-6-3-7-26(18-25)41-2/h3,6-15,17-20,37H,4-5,16H2,1-2H3,(H2,34,38)(H,35,36). The number of nitrogens with one attached hydrogen (secondary N) is 1. The van der Waals surface area contributed by atoms with E-state index in [-0.39, 0.29) is 22.0 Å². The summed E-state index contributed by atoms with van der Waals surface area (Å²) in [6.07, 6.45) is 2.90. The molecule has 0 aliphatic rings. The highest BCUT2D eigenvalue weighted by Crippen LogP contribution is 2.35. The Labute approximate surface area is 244 Å². The average molecular weight is 582 g/mol. The van der Waals surface area contributed by atoms with Crippen molar-refractivity contribution in [2.75, 3.05) is 19.0 Å². The lowest BCUT2D eigenvalue weighted by atomic mass is 10.0. The molecular formula is C33H31N3O5S. The number of anilines is 2. The smallest absolute Gasteiger partial charge is 0.252 e. The molecule has 1 aromatic heterocycles. The first-order valence-electron chi connectivity index (χ1n) is 13.4. The van der Waals surface area contributed by atoms with Crippen molar-refractivity contribution in [1.29, 1.82) is 0 Å². The number of hydrogen-bond donors (Lipinski definition) is 3. The number of nitrogens with two attached hydrogens (primary N) is 1. The van der Waals surface area contributed by atoms with E-state index in [2.05, 4.69) is 10.3 Å². The molecule has 0 bridgehead atoms. The van der Waals surface area contributed by atoms with Crippen molar-refractivity contribution in [2.24, 2.45) is 5.73 Å². The van der Waals surface area contributed by atoms with Crippen LogP contribution in [-0.2, 0) is 16.3 Å². The molecule has 0 aliphatic heterocycles. The third-order valence-corrected chi connectivity index (χ3v) is 8.87.